The van der Waals surface area contributed by atoms with Gasteiger partial charge < -0.3 is 29.4 Å². The van der Waals surface area contributed by atoms with Crippen LogP contribution in [-0.4, -0.2) is 94.9 Å². The fraction of sp³-hybridized carbons (Fsp3) is 0.500. The zero-order chi connectivity index (χ0) is 32.5. The number of hydrogen-bond acceptors (Lipinski definition) is 6. The van der Waals surface area contributed by atoms with Gasteiger partial charge in [-0.2, -0.15) is 0 Å². The minimum Gasteiger partial charge on any atom is -0.481 e. The predicted octanol–water partition coefficient (Wildman–Crippen LogP) is 4.73. The molecule has 2 N–H and O–H groups in total. The minimum atomic E-state index is -0.759. The van der Waals surface area contributed by atoms with Gasteiger partial charge in [0.05, 0.1) is 53.5 Å². The van der Waals surface area contributed by atoms with Gasteiger partial charge in [0.1, 0.15) is 5.82 Å². The van der Waals surface area contributed by atoms with Crippen molar-refractivity contribution in [1.29, 1.82) is 0 Å². The van der Waals surface area contributed by atoms with Crippen molar-refractivity contribution in [3.8, 4) is 0 Å². The molecule has 46 heavy (non-hydrogen) atoms. The topological polar surface area (TPSA) is 113 Å². The number of carboxylic acid groups (broad SMARTS) is 1. The SMILES string of the molecule is COC1CN([C@H]2C[C@@H](CO[C@H]3CC[C@H](C(=O)O)CC3)N(C(=O)Cc3cc(Cl)c(NC(=O)c4cn(C)c5ccccc45)cc3F)C2)C1. The van der Waals surface area contributed by atoms with Crippen LogP contribution in [0.25, 0.3) is 10.9 Å². The molecule has 10 nitrogen and oxygen atoms in total. The summed E-state index contributed by atoms with van der Waals surface area (Å²) >= 11 is 6.53. The van der Waals surface area contributed by atoms with Crippen molar-refractivity contribution < 1.29 is 33.4 Å². The summed E-state index contributed by atoms with van der Waals surface area (Å²) in [6.45, 7) is 2.44. The third-order valence-corrected chi connectivity index (χ3v) is 10.2. The van der Waals surface area contributed by atoms with Crippen LogP contribution in [0, 0.1) is 11.7 Å². The maximum absolute atomic E-state index is 15.4. The number of fused-ring (bicyclic) bond motifs is 1. The van der Waals surface area contributed by atoms with Gasteiger partial charge in [-0.1, -0.05) is 29.8 Å². The molecule has 0 spiro atoms. The highest BCUT2D eigenvalue weighted by Gasteiger charge is 2.42. The Kier molecular flexibility index (Phi) is 9.65. The number of aromatic nitrogens is 1. The Balaban J connectivity index is 1.12. The summed E-state index contributed by atoms with van der Waals surface area (Å²) in [5.41, 5.74) is 1.62. The lowest BCUT2D eigenvalue weighted by Crippen LogP contribution is -2.56. The quantitative estimate of drug-likeness (QED) is 0.325. The van der Waals surface area contributed by atoms with Crippen LogP contribution in [0.1, 0.15) is 48.0 Å². The van der Waals surface area contributed by atoms with E-state index in [1.54, 1.807) is 18.2 Å². The zero-order valence-corrected chi connectivity index (χ0v) is 26.8. The Morgan fingerprint density at radius 2 is 1.80 bits per heavy atom. The fourth-order valence-electron chi connectivity index (χ4n) is 7.06. The fourth-order valence-corrected chi connectivity index (χ4v) is 7.29. The largest absolute Gasteiger partial charge is 0.481 e. The third kappa shape index (κ3) is 6.78. The molecule has 12 heteroatoms. The van der Waals surface area contributed by atoms with Crippen molar-refractivity contribution in [1.82, 2.24) is 14.4 Å². The van der Waals surface area contributed by atoms with Crippen molar-refractivity contribution in [3.05, 3.63) is 64.6 Å². The average molecular weight is 655 g/mol. The molecule has 3 heterocycles. The van der Waals surface area contributed by atoms with Gasteiger partial charge in [-0.15, -0.1) is 0 Å². The van der Waals surface area contributed by atoms with Gasteiger partial charge in [0.25, 0.3) is 5.91 Å². The van der Waals surface area contributed by atoms with Crippen LogP contribution in [-0.2, 0) is 32.5 Å². The van der Waals surface area contributed by atoms with Crippen molar-refractivity contribution in [3.63, 3.8) is 0 Å². The first kappa shape index (κ1) is 32.4. The Labute approximate surface area is 272 Å². The molecule has 0 bridgehead atoms. The van der Waals surface area contributed by atoms with Gasteiger partial charge in [0.15, 0.2) is 0 Å². The molecule has 2 aromatic carbocycles. The van der Waals surface area contributed by atoms with Crippen molar-refractivity contribution in [2.24, 2.45) is 13.0 Å². The van der Waals surface area contributed by atoms with Gasteiger partial charge in [-0.25, -0.2) is 4.39 Å². The van der Waals surface area contributed by atoms with Crippen LogP contribution in [0.15, 0.2) is 42.6 Å². The van der Waals surface area contributed by atoms with E-state index in [0.717, 1.165) is 30.4 Å². The molecule has 3 aliphatic rings. The summed E-state index contributed by atoms with van der Waals surface area (Å²) < 4.78 is 29.0. The number of nitrogens with one attached hydrogen (secondary N) is 1. The molecule has 0 unspecified atom stereocenters. The van der Waals surface area contributed by atoms with Crippen molar-refractivity contribution in [2.45, 2.75) is 62.8 Å². The summed E-state index contributed by atoms with van der Waals surface area (Å²) in [7, 11) is 3.55. The second-order valence-electron chi connectivity index (χ2n) is 12.8. The number of nitrogens with zero attached hydrogens (tertiary/aromatic N) is 3. The van der Waals surface area contributed by atoms with Gasteiger partial charge in [-0.3, -0.25) is 19.3 Å². The minimum absolute atomic E-state index is 0.0404. The number of ether oxygens (including phenoxy) is 2. The van der Waals surface area contributed by atoms with E-state index >= 15 is 4.39 Å². The Morgan fingerprint density at radius 1 is 1.07 bits per heavy atom. The molecule has 1 aliphatic carbocycles. The standard InChI is InChI=1S/C34H40ClFN4O6/c1-38-18-27(26-5-3-4-6-31(26)38)33(42)37-30-14-29(36)21(11-28(30)35)12-32(41)40-15-22(39-16-25(17-39)45-2)13-23(40)19-46-24-9-7-20(8-10-24)34(43)44/h3-6,11,14,18,20,22-25H,7-10,12-13,15-17,19H2,1-2H3,(H,37,42)(H,43,44)/t20-,22-,23-,24-/m0/s1. The van der Waals surface area contributed by atoms with E-state index in [1.165, 1.54) is 12.1 Å². The van der Waals surface area contributed by atoms with Crippen LogP contribution < -0.4 is 5.32 Å². The molecule has 2 atom stereocenters. The highest BCUT2D eigenvalue weighted by molar-refractivity contribution is 6.34. The number of para-hydroxylation sites is 1. The summed E-state index contributed by atoms with van der Waals surface area (Å²) in [6, 6.07) is 10.0. The second kappa shape index (κ2) is 13.7. The number of amides is 2. The Bertz CT molecular complexity index is 1620. The van der Waals surface area contributed by atoms with Gasteiger partial charge in [-0.05, 0) is 55.9 Å². The highest BCUT2D eigenvalue weighted by atomic mass is 35.5. The molecule has 1 saturated carbocycles. The highest BCUT2D eigenvalue weighted by Crippen LogP contribution is 2.32. The molecule has 3 fully saturated rings. The summed E-state index contributed by atoms with van der Waals surface area (Å²) in [5.74, 6) is -2.35. The van der Waals surface area contributed by atoms with Crippen LogP contribution in [0.4, 0.5) is 10.1 Å². The van der Waals surface area contributed by atoms with E-state index in [2.05, 4.69) is 10.2 Å². The Hall–Kier alpha value is -3.51. The maximum atomic E-state index is 15.4. The number of likely N-dealkylation sites (tertiary alicyclic amines) is 2. The van der Waals surface area contributed by atoms with E-state index in [-0.39, 0.29) is 58.8 Å². The predicted molar refractivity (Wildman–Crippen MR) is 172 cm³/mol. The first-order valence-corrected chi connectivity index (χ1v) is 16.2. The number of anilines is 1. The summed E-state index contributed by atoms with van der Waals surface area (Å²) in [6.07, 6.45) is 4.93. The number of aliphatic carboxylic acids is 1. The molecule has 2 saturated heterocycles. The van der Waals surface area contributed by atoms with Crippen molar-refractivity contribution >= 4 is 46.0 Å². The van der Waals surface area contributed by atoms with E-state index in [9.17, 15) is 19.5 Å². The number of benzene rings is 2. The number of carbonyl (C=O) groups is 3. The van der Waals surface area contributed by atoms with Crippen LogP contribution in [0.2, 0.25) is 5.02 Å². The summed E-state index contributed by atoms with van der Waals surface area (Å²) in [4.78, 5) is 42.3. The molecular weight excluding hydrogens is 615 g/mol. The first-order chi connectivity index (χ1) is 22.1. The average Bonchev–Trinajstić information content (AvgIpc) is 3.59. The van der Waals surface area contributed by atoms with E-state index in [1.807, 2.05) is 35.9 Å². The number of carbonyl (C=O) groups excluding carboxylic acids is 2. The van der Waals surface area contributed by atoms with Crippen LogP contribution in [0.5, 0.6) is 0 Å². The van der Waals surface area contributed by atoms with Gasteiger partial charge in [0.2, 0.25) is 5.91 Å². The first-order valence-electron chi connectivity index (χ1n) is 15.8. The molecular formula is C34H40ClFN4O6. The lowest BCUT2D eigenvalue weighted by Gasteiger charge is -2.42. The Morgan fingerprint density at radius 3 is 2.52 bits per heavy atom. The lowest BCUT2D eigenvalue weighted by atomic mass is 9.87. The van der Waals surface area contributed by atoms with E-state index in [4.69, 9.17) is 21.1 Å². The van der Waals surface area contributed by atoms with Crippen molar-refractivity contribution in [2.75, 3.05) is 38.7 Å². The molecule has 246 valence electrons. The molecule has 6 rings (SSSR count). The van der Waals surface area contributed by atoms with E-state index in [0.29, 0.717) is 44.4 Å². The lowest BCUT2D eigenvalue weighted by molar-refractivity contribution is -0.144. The van der Waals surface area contributed by atoms with Gasteiger partial charge >= 0.3 is 5.97 Å². The molecule has 3 aromatic rings. The van der Waals surface area contributed by atoms with Crippen LogP contribution in [0.3, 0.4) is 0 Å². The number of carboxylic acids is 1. The maximum Gasteiger partial charge on any atom is 0.306 e. The smallest absolute Gasteiger partial charge is 0.306 e. The number of methoxy groups -OCH3 is 1. The van der Waals surface area contributed by atoms with E-state index < -0.39 is 17.7 Å². The number of halogens is 2. The molecule has 2 aliphatic heterocycles. The normalized spacial score (nSPS) is 23.9. The number of rotatable bonds is 10. The zero-order valence-electron chi connectivity index (χ0n) is 26.1. The molecule has 0 radical (unpaired) electrons. The number of hydrogen-bond donors (Lipinski definition) is 2. The van der Waals surface area contributed by atoms with Gasteiger partial charge in [0, 0.05) is 56.9 Å². The summed E-state index contributed by atoms with van der Waals surface area (Å²) in [5, 5.41) is 12.9. The number of aryl methyl sites for hydroxylation is 1. The molecule has 2 amide bonds. The third-order valence-electron chi connectivity index (χ3n) is 9.85. The monoisotopic (exact) mass is 654 g/mol. The molecule has 1 aromatic heterocycles. The second-order valence-corrected chi connectivity index (χ2v) is 13.2. The van der Waals surface area contributed by atoms with Crippen LogP contribution >= 0.6 is 11.6 Å².